The van der Waals surface area contributed by atoms with E-state index in [1.54, 1.807) is 13.2 Å². The topological polar surface area (TPSA) is 65.1 Å². The molecule has 25 heavy (non-hydrogen) atoms. The molecule has 0 amide bonds. The van der Waals surface area contributed by atoms with Gasteiger partial charge in [0, 0.05) is 26.0 Å². The van der Waals surface area contributed by atoms with E-state index < -0.39 is 17.7 Å². The van der Waals surface area contributed by atoms with Crippen LogP contribution in [0.25, 0.3) is 6.08 Å². The molecule has 0 atom stereocenters. The van der Waals surface area contributed by atoms with Gasteiger partial charge < -0.3 is 14.2 Å². The summed E-state index contributed by atoms with van der Waals surface area (Å²) in [5.41, 5.74) is 1.66. The molecule has 0 saturated carbocycles. The zero-order valence-electron chi connectivity index (χ0n) is 14.8. The molecular weight excluding hydrogens is 322 g/mol. The van der Waals surface area contributed by atoms with Crippen LogP contribution >= 0.6 is 0 Å². The highest BCUT2D eigenvalue weighted by Crippen LogP contribution is 2.27. The summed E-state index contributed by atoms with van der Waals surface area (Å²) in [4.78, 5) is 26.5. The molecule has 1 aromatic carbocycles. The standard InChI is InChI=1S/C19H23NO5/c1-19(2)24-17(21)15(18(22)25-19)11-13-6-7-16(23-3)14(10-13)12-20-8-4-5-9-20/h6-7,10-11H,4-5,8-9,12H2,1-3H3. The third-order valence-electron chi connectivity index (χ3n) is 4.32. The maximum Gasteiger partial charge on any atom is 0.348 e. The van der Waals surface area contributed by atoms with Crippen LogP contribution in [-0.2, 0) is 25.6 Å². The highest BCUT2D eigenvalue weighted by atomic mass is 16.7. The molecule has 134 valence electrons. The second kappa shape index (κ2) is 6.88. The fraction of sp³-hybridized carbons (Fsp3) is 0.474. The Morgan fingerprint density at radius 2 is 1.80 bits per heavy atom. The lowest BCUT2D eigenvalue weighted by molar-refractivity contribution is -0.222. The number of nitrogens with zero attached hydrogens (tertiary/aromatic N) is 1. The second-order valence-electron chi connectivity index (χ2n) is 6.79. The third-order valence-corrected chi connectivity index (χ3v) is 4.32. The maximum absolute atomic E-state index is 12.1. The van der Waals surface area contributed by atoms with Gasteiger partial charge in [-0.1, -0.05) is 6.07 Å². The molecule has 0 bridgehead atoms. The van der Waals surface area contributed by atoms with Crippen molar-refractivity contribution in [1.29, 1.82) is 0 Å². The van der Waals surface area contributed by atoms with Crippen molar-refractivity contribution in [3.8, 4) is 5.75 Å². The van der Waals surface area contributed by atoms with E-state index >= 15 is 0 Å². The summed E-state index contributed by atoms with van der Waals surface area (Å²) in [5.74, 6) is -1.77. The molecule has 2 heterocycles. The highest BCUT2D eigenvalue weighted by molar-refractivity contribution is 6.18. The SMILES string of the molecule is COc1ccc(C=C2C(=O)OC(C)(C)OC2=O)cc1CN1CCCC1. The van der Waals surface area contributed by atoms with Gasteiger partial charge in [0.25, 0.3) is 5.79 Å². The minimum absolute atomic E-state index is 0.100. The summed E-state index contributed by atoms with van der Waals surface area (Å²) in [6.07, 6.45) is 3.92. The Kier molecular flexibility index (Phi) is 4.81. The average molecular weight is 345 g/mol. The quantitative estimate of drug-likeness (QED) is 0.475. The molecule has 0 unspecified atom stereocenters. The van der Waals surface area contributed by atoms with Gasteiger partial charge in [0.1, 0.15) is 11.3 Å². The first kappa shape index (κ1) is 17.5. The lowest BCUT2D eigenvalue weighted by Gasteiger charge is -2.29. The van der Waals surface area contributed by atoms with Crippen LogP contribution in [0.2, 0.25) is 0 Å². The van der Waals surface area contributed by atoms with Crippen molar-refractivity contribution in [3.63, 3.8) is 0 Å². The number of carbonyl (C=O) groups is 2. The molecule has 2 saturated heterocycles. The van der Waals surface area contributed by atoms with Crippen LogP contribution in [0.4, 0.5) is 0 Å². The van der Waals surface area contributed by atoms with Crippen molar-refractivity contribution < 1.29 is 23.8 Å². The summed E-state index contributed by atoms with van der Waals surface area (Å²) in [5, 5.41) is 0. The van der Waals surface area contributed by atoms with Gasteiger partial charge in [0.15, 0.2) is 0 Å². The van der Waals surface area contributed by atoms with Crippen molar-refractivity contribution >= 4 is 18.0 Å². The Bertz CT molecular complexity index is 695. The predicted octanol–water partition coefficient (Wildman–Crippen LogP) is 2.51. The van der Waals surface area contributed by atoms with Gasteiger partial charge >= 0.3 is 11.9 Å². The van der Waals surface area contributed by atoms with Crippen LogP contribution in [0, 0.1) is 0 Å². The second-order valence-corrected chi connectivity index (χ2v) is 6.79. The Labute approximate surface area is 147 Å². The molecule has 0 N–H and O–H groups in total. The summed E-state index contributed by atoms with van der Waals surface area (Å²) in [6.45, 7) is 5.98. The average Bonchev–Trinajstić information content (AvgIpc) is 3.03. The van der Waals surface area contributed by atoms with Gasteiger partial charge in [-0.15, -0.1) is 0 Å². The number of benzene rings is 1. The summed E-state index contributed by atoms with van der Waals surface area (Å²) < 4.78 is 15.7. The van der Waals surface area contributed by atoms with Gasteiger partial charge in [0.05, 0.1) is 7.11 Å². The van der Waals surface area contributed by atoms with Crippen molar-refractivity contribution in [2.75, 3.05) is 20.2 Å². The number of esters is 2. The first-order valence-corrected chi connectivity index (χ1v) is 8.45. The normalized spacial score (nSPS) is 20.2. The third kappa shape index (κ3) is 4.02. The van der Waals surface area contributed by atoms with Gasteiger partial charge in [-0.3, -0.25) is 4.90 Å². The molecule has 3 rings (SSSR count). The molecular formula is C19H23NO5. The fourth-order valence-corrected chi connectivity index (χ4v) is 3.14. The lowest BCUT2D eigenvalue weighted by atomic mass is 10.1. The van der Waals surface area contributed by atoms with E-state index in [9.17, 15) is 9.59 Å². The fourth-order valence-electron chi connectivity index (χ4n) is 3.14. The van der Waals surface area contributed by atoms with Crippen molar-refractivity contribution in [2.24, 2.45) is 0 Å². The lowest BCUT2D eigenvalue weighted by Crippen LogP contribution is -2.41. The molecule has 6 nitrogen and oxygen atoms in total. The van der Waals surface area contributed by atoms with Gasteiger partial charge in [-0.25, -0.2) is 9.59 Å². The van der Waals surface area contributed by atoms with Crippen molar-refractivity contribution in [2.45, 2.75) is 39.0 Å². The largest absolute Gasteiger partial charge is 0.496 e. The van der Waals surface area contributed by atoms with Crippen LogP contribution in [0.3, 0.4) is 0 Å². The molecule has 2 aliphatic heterocycles. The van der Waals surface area contributed by atoms with Crippen LogP contribution in [-0.4, -0.2) is 42.8 Å². The molecule has 0 aliphatic carbocycles. The molecule has 1 aromatic rings. The Balaban J connectivity index is 1.87. The summed E-state index contributed by atoms with van der Waals surface area (Å²) in [6, 6.07) is 5.59. The minimum Gasteiger partial charge on any atom is -0.496 e. The zero-order chi connectivity index (χ0) is 18.0. The smallest absolute Gasteiger partial charge is 0.348 e. The molecule has 6 heteroatoms. The van der Waals surface area contributed by atoms with Crippen molar-refractivity contribution in [1.82, 2.24) is 4.90 Å². The van der Waals surface area contributed by atoms with Crippen LogP contribution < -0.4 is 4.74 Å². The Hall–Kier alpha value is -2.34. The molecule has 2 aliphatic rings. The van der Waals surface area contributed by atoms with E-state index in [4.69, 9.17) is 14.2 Å². The highest BCUT2D eigenvalue weighted by Gasteiger charge is 2.38. The Morgan fingerprint density at radius 1 is 1.16 bits per heavy atom. The van der Waals surface area contributed by atoms with E-state index in [-0.39, 0.29) is 5.57 Å². The number of hydrogen-bond acceptors (Lipinski definition) is 6. The summed E-state index contributed by atoms with van der Waals surface area (Å²) >= 11 is 0. The van der Waals surface area contributed by atoms with Crippen LogP contribution in [0.15, 0.2) is 23.8 Å². The molecule has 0 radical (unpaired) electrons. The van der Waals surface area contributed by atoms with Gasteiger partial charge in [0.2, 0.25) is 0 Å². The monoisotopic (exact) mass is 345 g/mol. The first-order chi connectivity index (χ1) is 11.9. The number of rotatable bonds is 4. The van der Waals surface area contributed by atoms with E-state index in [1.165, 1.54) is 32.8 Å². The molecule has 0 aromatic heterocycles. The minimum atomic E-state index is -1.23. The van der Waals surface area contributed by atoms with E-state index in [1.807, 2.05) is 12.1 Å². The van der Waals surface area contributed by atoms with Gasteiger partial charge in [-0.2, -0.15) is 0 Å². The number of methoxy groups -OCH3 is 1. The van der Waals surface area contributed by atoms with Crippen LogP contribution in [0.1, 0.15) is 37.8 Å². The number of ether oxygens (including phenoxy) is 3. The molecule has 2 fully saturated rings. The van der Waals surface area contributed by atoms with Crippen molar-refractivity contribution in [3.05, 3.63) is 34.9 Å². The predicted molar refractivity (Wildman–Crippen MR) is 91.7 cm³/mol. The first-order valence-electron chi connectivity index (χ1n) is 8.45. The Morgan fingerprint density at radius 3 is 2.40 bits per heavy atom. The van der Waals surface area contributed by atoms with E-state index in [0.717, 1.165) is 36.5 Å². The van der Waals surface area contributed by atoms with E-state index in [0.29, 0.717) is 0 Å². The number of hydrogen-bond donors (Lipinski definition) is 0. The number of likely N-dealkylation sites (tertiary alicyclic amines) is 1. The maximum atomic E-state index is 12.1. The zero-order valence-corrected chi connectivity index (χ0v) is 14.8. The van der Waals surface area contributed by atoms with Crippen LogP contribution in [0.5, 0.6) is 5.75 Å². The van der Waals surface area contributed by atoms with Gasteiger partial charge in [-0.05, 0) is 49.7 Å². The molecule has 0 spiro atoms. The summed E-state index contributed by atoms with van der Waals surface area (Å²) in [7, 11) is 1.64. The van der Waals surface area contributed by atoms with E-state index in [2.05, 4.69) is 4.90 Å². The number of carbonyl (C=O) groups excluding carboxylic acids is 2. The number of cyclic esters (lactones) is 2.